The van der Waals surface area contributed by atoms with Gasteiger partial charge in [0.1, 0.15) is 0 Å². The van der Waals surface area contributed by atoms with Crippen molar-refractivity contribution in [2.45, 2.75) is 20.3 Å². The molecule has 0 aromatic heterocycles. The van der Waals surface area contributed by atoms with Crippen molar-refractivity contribution in [3.05, 3.63) is 109 Å². The van der Waals surface area contributed by atoms with Crippen molar-refractivity contribution in [1.29, 1.82) is 0 Å². The van der Waals surface area contributed by atoms with Gasteiger partial charge in [0.05, 0.1) is 0 Å². The van der Waals surface area contributed by atoms with E-state index in [1.807, 2.05) is 30.3 Å². The van der Waals surface area contributed by atoms with Crippen LogP contribution < -0.4 is 21.2 Å². The zero-order valence-corrected chi connectivity index (χ0v) is 23.7. The second-order valence-corrected chi connectivity index (χ2v) is 13.3. The van der Waals surface area contributed by atoms with Crippen LogP contribution in [0.4, 0.5) is 0 Å². The minimum Gasteiger partial charge on any atom is -0.310 e. The van der Waals surface area contributed by atoms with Crippen LogP contribution in [0.5, 0.6) is 0 Å². The first-order chi connectivity index (χ1) is 16.2. The third-order valence-electron chi connectivity index (χ3n) is 5.72. The molecule has 0 aliphatic heterocycles. The molecule has 0 amide bonds. The van der Waals surface area contributed by atoms with E-state index in [1.54, 1.807) is 16.2 Å². The Morgan fingerprint density at radius 3 is 1.71 bits per heavy atom. The van der Waals surface area contributed by atoms with Crippen molar-refractivity contribution in [2.24, 2.45) is 0 Å². The second-order valence-electron chi connectivity index (χ2n) is 8.29. The van der Waals surface area contributed by atoms with E-state index in [2.05, 4.69) is 106 Å². The number of hydrogen-bond acceptors (Lipinski definition) is 1. The van der Waals surface area contributed by atoms with E-state index in [-0.39, 0.29) is 25.0 Å². The van der Waals surface area contributed by atoms with Gasteiger partial charge in [0.2, 0.25) is 0 Å². The Kier molecular flexibility index (Phi) is 13.1. The van der Waals surface area contributed by atoms with Crippen LogP contribution in [-0.4, -0.2) is 37.9 Å². The molecule has 4 heteroatoms. The van der Waals surface area contributed by atoms with Crippen molar-refractivity contribution in [1.82, 2.24) is 4.90 Å². The van der Waals surface area contributed by atoms with E-state index in [0.717, 1.165) is 13.0 Å². The smallest absolute Gasteiger partial charge is 0.310 e. The standard InChI is InChI=1S/C25H32NP2.C5H5.Fe/c1-5-27(6-2)25-21(19-20-26(3)4)17-18-24(25)28(22-13-9-7-10-14-22)23-15-11-8-12-16-23;1-2-4-5-3-1;/h7-18H,5-6,19-20H2,1-4H3;1-5H;/q2*-1;+2. The summed E-state index contributed by atoms with van der Waals surface area (Å²) < 4.78 is 0. The van der Waals surface area contributed by atoms with Gasteiger partial charge in [-0.2, -0.15) is 29.8 Å². The van der Waals surface area contributed by atoms with Crippen molar-refractivity contribution < 1.29 is 17.1 Å². The molecule has 4 rings (SSSR count). The number of rotatable bonds is 9. The summed E-state index contributed by atoms with van der Waals surface area (Å²) in [5.41, 5.74) is 1.58. The zero-order valence-electron chi connectivity index (χ0n) is 20.8. The summed E-state index contributed by atoms with van der Waals surface area (Å²) in [7, 11) is 3.73. The van der Waals surface area contributed by atoms with Crippen LogP contribution in [0.25, 0.3) is 0 Å². The molecule has 4 aromatic carbocycles. The molecular formula is C30H37FeNP2. The molecule has 1 nitrogen and oxygen atoms in total. The Labute approximate surface area is 220 Å². The second kappa shape index (κ2) is 15.5. The summed E-state index contributed by atoms with van der Waals surface area (Å²) in [4.78, 5) is 2.30. The fraction of sp³-hybridized carbons (Fsp3) is 0.267. The third-order valence-corrected chi connectivity index (χ3v) is 11.1. The average Bonchev–Trinajstić information content (AvgIpc) is 3.55. The fourth-order valence-electron chi connectivity index (χ4n) is 4.04. The molecule has 0 saturated heterocycles. The first-order valence-electron chi connectivity index (χ1n) is 11.9. The Morgan fingerprint density at radius 2 is 1.29 bits per heavy atom. The van der Waals surface area contributed by atoms with Gasteiger partial charge in [-0.25, -0.2) is 18.2 Å². The van der Waals surface area contributed by atoms with Crippen LogP contribution in [0.1, 0.15) is 19.4 Å². The molecule has 4 aromatic rings. The Balaban J connectivity index is 0.000000603. The van der Waals surface area contributed by atoms with Gasteiger partial charge in [-0.1, -0.05) is 88.9 Å². The molecule has 0 saturated carbocycles. The maximum atomic E-state index is 2.45. The number of likely N-dealkylation sites (N-methyl/N-ethyl adjacent to an activating group) is 1. The minimum absolute atomic E-state index is 0. The van der Waals surface area contributed by atoms with Crippen LogP contribution in [0, 0.1) is 0 Å². The predicted molar refractivity (Wildman–Crippen MR) is 153 cm³/mol. The molecule has 0 fully saturated rings. The zero-order chi connectivity index (χ0) is 23.5. The SMILES string of the molecule is CCP(CC)c1c(CCN(C)C)cc[c-]1P(c1ccccc1)c1ccccc1.[Fe+2].c1cc[cH-]c1. The molecule has 0 spiro atoms. The molecule has 0 aliphatic carbocycles. The molecule has 180 valence electrons. The van der Waals surface area contributed by atoms with E-state index in [0.29, 0.717) is 0 Å². The third kappa shape index (κ3) is 8.02. The van der Waals surface area contributed by atoms with Gasteiger partial charge in [0.15, 0.2) is 0 Å². The maximum absolute atomic E-state index is 2.45. The summed E-state index contributed by atoms with van der Waals surface area (Å²) in [5, 5.41) is 6.20. The van der Waals surface area contributed by atoms with Gasteiger partial charge in [-0.3, -0.25) is 0 Å². The summed E-state index contributed by atoms with van der Waals surface area (Å²) in [6, 6.07) is 37.1. The van der Waals surface area contributed by atoms with E-state index < -0.39 is 7.92 Å². The van der Waals surface area contributed by atoms with E-state index in [1.165, 1.54) is 22.9 Å². The average molecular weight is 529 g/mol. The molecule has 0 heterocycles. The fourth-order valence-corrected chi connectivity index (χ4v) is 9.20. The summed E-state index contributed by atoms with van der Waals surface area (Å²) in [6.45, 7) is 5.85. The van der Waals surface area contributed by atoms with Gasteiger partial charge in [0.25, 0.3) is 0 Å². The van der Waals surface area contributed by atoms with Crippen LogP contribution >= 0.6 is 15.8 Å². The Hall–Kier alpha value is -1.52. The Bertz CT molecular complexity index is 966. The largest absolute Gasteiger partial charge is 2.00 e. The maximum Gasteiger partial charge on any atom is 2.00 e. The van der Waals surface area contributed by atoms with Crippen molar-refractivity contribution in [2.75, 3.05) is 33.0 Å². The van der Waals surface area contributed by atoms with Crippen LogP contribution in [0.15, 0.2) is 103 Å². The van der Waals surface area contributed by atoms with Gasteiger partial charge in [0, 0.05) is 0 Å². The van der Waals surface area contributed by atoms with Crippen LogP contribution in [0.2, 0.25) is 0 Å². The van der Waals surface area contributed by atoms with Crippen LogP contribution in [-0.2, 0) is 23.5 Å². The molecule has 0 unspecified atom stereocenters. The number of nitrogens with zero attached hydrogens (tertiary/aromatic N) is 1. The van der Waals surface area contributed by atoms with Crippen molar-refractivity contribution in [3.8, 4) is 0 Å². The quantitative estimate of drug-likeness (QED) is 0.150. The van der Waals surface area contributed by atoms with Crippen molar-refractivity contribution >= 4 is 37.1 Å². The number of hydrogen-bond donors (Lipinski definition) is 0. The molecule has 0 atom stereocenters. The minimum atomic E-state index is -0.513. The summed E-state index contributed by atoms with van der Waals surface area (Å²) >= 11 is 0. The Morgan fingerprint density at radius 1 is 0.765 bits per heavy atom. The predicted octanol–water partition coefficient (Wildman–Crippen LogP) is 5.82. The van der Waals surface area contributed by atoms with Gasteiger partial charge < -0.3 is 4.90 Å². The first kappa shape index (κ1) is 28.7. The molecule has 0 radical (unpaired) electrons. The molecule has 34 heavy (non-hydrogen) atoms. The topological polar surface area (TPSA) is 3.24 Å². The van der Waals surface area contributed by atoms with Crippen molar-refractivity contribution in [3.63, 3.8) is 0 Å². The van der Waals surface area contributed by atoms with Crippen LogP contribution in [0.3, 0.4) is 0 Å². The summed E-state index contributed by atoms with van der Waals surface area (Å²) in [6.07, 6.45) is 3.68. The van der Waals surface area contributed by atoms with Gasteiger partial charge in [-0.15, -0.1) is 18.5 Å². The van der Waals surface area contributed by atoms with Gasteiger partial charge in [-0.05, 0) is 43.6 Å². The number of benzene rings is 2. The van der Waals surface area contributed by atoms with E-state index in [9.17, 15) is 0 Å². The van der Waals surface area contributed by atoms with E-state index >= 15 is 0 Å². The summed E-state index contributed by atoms with van der Waals surface area (Å²) in [5.74, 6) is 0. The molecule has 0 N–H and O–H groups in total. The normalized spacial score (nSPS) is 10.8. The van der Waals surface area contributed by atoms with E-state index in [4.69, 9.17) is 0 Å². The van der Waals surface area contributed by atoms with Gasteiger partial charge >= 0.3 is 17.1 Å². The molecular weight excluding hydrogens is 492 g/mol. The molecule has 0 aliphatic rings. The molecule has 0 bridgehead atoms. The first-order valence-corrected chi connectivity index (χ1v) is 15.0. The monoisotopic (exact) mass is 529 g/mol.